The molecule has 0 saturated carbocycles. The van der Waals surface area contributed by atoms with Gasteiger partial charge in [-0.3, -0.25) is 4.79 Å². The third-order valence-electron chi connectivity index (χ3n) is 2.79. The fourth-order valence-corrected chi connectivity index (χ4v) is 2.31. The minimum absolute atomic E-state index is 0.0529. The number of hydrogen-bond acceptors (Lipinski definition) is 2. The second-order valence-corrected chi connectivity index (χ2v) is 5.15. The molecule has 0 radical (unpaired) electrons. The molecule has 96 valence electrons. The number of benzene rings is 1. The van der Waals surface area contributed by atoms with Gasteiger partial charge < -0.3 is 15.4 Å². The van der Waals surface area contributed by atoms with Gasteiger partial charge in [0.2, 0.25) is 0 Å². The normalized spacial score (nSPS) is 12.6. The zero-order valence-electron chi connectivity index (χ0n) is 10.0. The van der Waals surface area contributed by atoms with E-state index in [1.165, 1.54) is 0 Å². The number of halogens is 1. The summed E-state index contributed by atoms with van der Waals surface area (Å²) in [5.74, 6) is -0.115. The predicted octanol–water partition coefficient (Wildman–Crippen LogP) is 2.29. The molecule has 3 N–H and O–H groups in total. The highest BCUT2D eigenvalue weighted by Crippen LogP contribution is 2.27. The first-order valence-electron chi connectivity index (χ1n) is 5.78. The average Bonchev–Trinajstić information content (AvgIpc) is 2.73. The minimum Gasteiger partial charge on any atom is -0.396 e. The van der Waals surface area contributed by atoms with Gasteiger partial charge in [-0.1, -0.05) is 25.1 Å². The van der Waals surface area contributed by atoms with E-state index >= 15 is 0 Å². The summed E-state index contributed by atoms with van der Waals surface area (Å²) >= 11 is 3.44. The first-order chi connectivity index (χ1) is 8.63. The van der Waals surface area contributed by atoms with Crippen molar-refractivity contribution in [1.82, 2.24) is 10.3 Å². The Morgan fingerprint density at radius 1 is 1.50 bits per heavy atom. The van der Waals surface area contributed by atoms with Crippen molar-refractivity contribution in [2.24, 2.45) is 5.92 Å². The minimum atomic E-state index is -0.168. The quantitative estimate of drug-likeness (QED) is 0.811. The van der Waals surface area contributed by atoms with Crippen LogP contribution < -0.4 is 5.32 Å². The summed E-state index contributed by atoms with van der Waals surface area (Å²) < 4.78 is 0.771. The van der Waals surface area contributed by atoms with Gasteiger partial charge in [0.1, 0.15) is 5.69 Å². The molecule has 0 aliphatic carbocycles. The van der Waals surface area contributed by atoms with Crippen LogP contribution in [-0.4, -0.2) is 29.1 Å². The first-order valence-corrected chi connectivity index (χ1v) is 6.58. The number of carbonyl (C=O) groups excluding carboxylic acids is 1. The molecule has 4 nitrogen and oxygen atoms in total. The first kappa shape index (κ1) is 13.1. The number of nitrogens with one attached hydrogen (secondary N) is 2. The molecular weight excluding hydrogens is 296 g/mol. The standard InChI is InChI=1S/C13H15BrN2O2/c1-8(7-17)6-15-13(18)12-11(14)9-4-2-3-5-10(9)16-12/h2-5,8,16-17H,6-7H2,1H3,(H,15,18). The van der Waals surface area contributed by atoms with E-state index in [1.807, 2.05) is 31.2 Å². The van der Waals surface area contributed by atoms with Gasteiger partial charge in [-0.2, -0.15) is 0 Å². The van der Waals surface area contributed by atoms with Crippen molar-refractivity contribution < 1.29 is 9.90 Å². The molecule has 1 amide bonds. The second kappa shape index (κ2) is 5.54. The molecule has 1 aromatic carbocycles. The van der Waals surface area contributed by atoms with Gasteiger partial charge in [0.15, 0.2) is 0 Å². The summed E-state index contributed by atoms with van der Waals surface area (Å²) in [4.78, 5) is 15.1. The zero-order valence-corrected chi connectivity index (χ0v) is 11.6. The van der Waals surface area contributed by atoms with Gasteiger partial charge in [0.25, 0.3) is 5.91 Å². The molecule has 2 rings (SSSR count). The van der Waals surface area contributed by atoms with Crippen LogP contribution in [0.1, 0.15) is 17.4 Å². The van der Waals surface area contributed by atoms with E-state index in [1.54, 1.807) is 0 Å². The van der Waals surface area contributed by atoms with Crippen LogP contribution in [0.3, 0.4) is 0 Å². The Hall–Kier alpha value is -1.33. The van der Waals surface area contributed by atoms with Gasteiger partial charge >= 0.3 is 0 Å². The van der Waals surface area contributed by atoms with Crippen molar-refractivity contribution >= 4 is 32.7 Å². The van der Waals surface area contributed by atoms with Crippen LogP contribution >= 0.6 is 15.9 Å². The highest BCUT2D eigenvalue weighted by Gasteiger charge is 2.15. The summed E-state index contributed by atoms with van der Waals surface area (Å²) in [6.45, 7) is 2.39. The van der Waals surface area contributed by atoms with Gasteiger partial charge in [0.05, 0.1) is 4.47 Å². The number of rotatable bonds is 4. The van der Waals surface area contributed by atoms with Crippen molar-refractivity contribution in [3.63, 3.8) is 0 Å². The highest BCUT2D eigenvalue weighted by molar-refractivity contribution is 9.10. The molecule has 2 aromatic rings. The predicted molar refractivity (Wildman–Crippen MR) is 74.6 cm³/mol. The number of aliphatic hydroxyl groups excluding tert-OH is 1. The van der Waals surface area contributed by atoms with E-state index < -0.39 is 0 Å². The Kier molecular flexibility index (Phi) is 4.04. The lowest BCUT2D eigenvalue weighted by Crippen LogP contribution is -2.29. The third-order valence-corrected chi connectivity index (χ3v) is 3.62. The Bertz CT molecular complexity index is 565. The van der Waals surface area contributed by atoms with E-state index in [0.717, 1.165) is 15.4 Å². The van der Waals surface area contributed by atoms with Crippen LogP contribution in [0.15, 0.2) is 28.7 Å². The molecule has 1 aromatic heterocycles. The number of H-pyrrole nitrogens is 1. The fraction of sp³-hybridized carbons (Fsp3) is 0.308. The summed E-state index contributed by atoms with van der Waals surface area (Å²) in [7, 11) is 0. The summed E-state index contributed by atoms with van der Waals surface area (Å²) in [6, 6.07) is 7.72. The molecule has 1 unspecified atom stereocenters. The van der Waals surface area contributed by atoms with Crippen LogP contribution in [0.25, 0.3) is 10.9 Å². The average molecular weight is 311 g/mol. The number of aliphatic hydroxyl groups is 1. The van der Waals surface area contributed by atoms with E-state index in [9.17, 15) is 4.79 Å². The Balaban J connectivity index is 2.20. The SMILES string of the molecule is CC(CO)CNC(=O)c1[nH]c2ccccc2c1Br. The number of fused-ring (bicyclic) bond motifs is 1. The lowest BCUT2D eigenvalue weighted by molar-refractivity contribution is 0.0937. The van der Waals surface area contributed by atoms with E-state index in [2.05, 4.69) is 26.2 Å². The topological polar surface area (TPSA) is 65.1 Å². The number of hydrogen-bond donors (Lipinski definition) is 3. The molecule has 0 bridgehead atoms. The van der Waals surface area contributed by atoms with Gasteiger partial charge in [-0.15, -0.1) is 0 Å². The number of carbonyl (C=O) groups is 1. The molecule has 0 fully saturated rings. The molecule has 1 heterocycles. The Morgan fingerprint density at radius 2 is 2.22 bits per heavy atom. The number of aromatic amines is 1. The monoisotopic (exact) mass is 310 g/mol. The number of aromatic nitrogens is 1. The summed E-state index contributed by atoms with van der Waals surface area (Å²) in [5.41, 5.74) is 1.44. The van der Waals surface area contributed by atoms with Gasteiger partial charge in [-0.05, 0) is 27.9 Å². The van der Waals surface area contributed by atoms with Crippen LogP contribution in [0, 0.1) is 5.92 Å². The molecule has 0 spiro atoms. The fourth-order valence-electron chi connectivity index (χ4n) is 1.68. The van der Waals surface area contributed by atoms with E-state index in [4.69, 9.17) is 5.11 Å². The van der Waals surface area contributed by atoms with Gasteiger partial charge in [0, 0.05) is 24.1 Å². The summed E-state index contributed by atoms with van der Waals surface area (Å²) in [5, 5.41) is 12.7. The maximum absolute atomic E-state index is 12.0. The second-order valence-electron chi connectivity index (χ2n) is 4.36. The van der Waals surface area contributed by atoms with Crippen molar-refractivity contribution in [3.05, 3.63) is 34.4 Å². The molecule has 1 atom stereocenters. The largest absolute Gasteiger partial charge is 0.396 e. The van der Waals surface area contributed by atoms with Crippen molar-refractivity contribution in [2.75, 3.05) is 13.2 Å². The van der Waals surface area contributed by atoms with E-state index in [0.29, 0.717) is 12.2 Å². The van der Waals surface area contributed by atoms with E-state index in [-0.39, 0.29) is 18.4 Å². The maximum atomic E-state index is 12.0. The van der Waals surface area contributed by atoms with Crippen molar-refractivity contribution in [2.45, 2.75) is 6.92 Å². The van der Waals surface area contributed by atoms with Crippen LogP contribution in [0.2, 0.25) is 0 Å². The molecule has 5 heteroatoms. The molecule has 18 heavy (non-hydrogen) atoms. The Morgan fingerprint density at radius 3 is 2.89 bits per heavy atom. The van der Waals surface area contributed by atoms with Crippen LogP contribution in [-0.2, 0) is 0 Å². The number of amides is 1. The summed E-state index contributed by atoms with van der Waals surface area (Å²) in [6.07, 6.45) is 0. The van der Waals surface area contributed by atoms with Gasteiger partial charge in [-0.25, -0.2) is 0 Å². The zero-order chi connectivity index (χ0) is 13.1. The maximum Gasteiger partial charge on any atom is 0.268 e. The lowest BCUT2D eigenvalue weighted by atomic mass is 10.2. The Labute approximate surface area is 114 Å². The smallest absolute Gasteiger partial charge is 0.268 e. The number of para-hydroxylation sites is 1. The molecule has 0 saturated heterocycles. The van der Waals surface area contributed by atoms with Crippen molar-refractivity contribution in [3.8, 4) is 0 Å². The van der Waals surface area contributed by atoms with Crippen molar-refractivity contribution in [1.29, 1.82) is 0 Å². The highest BCUT2D eigenvalue weighted by atomic mass is 79.9. The third kappa shape index (κ3) is 2.57. The lowest BCUT2D eigenvalue weighted by Gasteiger charge is -2.08. The molecule has 0 aliphatic heterocycles. The molecular formula is C13H15BrN2O2. The van der Waals surface area contributed by atoms with Crippen LogP contribution in [0.5, 0.6) is 0 Å². The van der Waals surface area contributed by atoms with Crippen LogP contribution in [0.4, 0.5) is 0 Å². The molecule has 0 aliphatic rings.